The molecule has 9 nitrogen and oxygen atoms in total. The number of thiazole rings is 1. The van der Waals surface area contributed by atoms with Crippen molar-refractivity contribution < 1.29 is 13.2 Å². The second-order valence-corrected chi connectivity index (χ2v) is 10.4. The van der Waals surface area contributed by atoms with Crippen molar-refractivity contribution in [2.24, 2.45) is 5.92 Å². The van der Waals surface area contributed by atoms with Crippen molar-refractivity contribution >= 4 is 37.8 Å². The fraction of sp³-hybridized carbons (Fsp3) is 0.350. The molecule has 1 saturated carbocycles. The van der Waals surface area contributed by atoms with Gasteiger partial charge in [-0.2, -0.15) is 4.68 Å². The predicted molar refractivity (Wildman–Crippen MR) is 118 cm³/mol. The van der Waals surface area contributed by atoms with Crippen LogP contribution < -0.4 is 5.32 Å². The molecule has 2 aromatic heterocycles. The van der Waals surface area contributed by atoms with Crippen molar-refractivity contribution in [2.45, 2.75) is 37.5 Å². The van der Waals surface area contributed by atoms with Crippen LogP contribution in [0.15, 0.2) is 40.7 Å². The lowest BCUT2D eigenvalue weighted by Crippen LogP contribution is -2.15. The number of carbonyl (C=O) groups is 1. The SMILES string of the molecule is Cc1nnnn1-c1ccc(/C(=C\C2CCCC2)C(=O)Nc2nccs2)cc1S(C)(=O)=O. The molecular formula is C20H22N6O3S2. The van der Waals surface area contributed by atoms with Crippen molar-refractivity contribution in [1.29, 1.82) is 0 Å². The Morgan fingerprint density at radius 2 is 2.06 bits per heavy atom. The Balaban J connectivity index is 1.80. The first-order valence-corrected chi connectivity index (χ1v) is 12.6. The largest absolute Gasteiger partial charge is 0.298 e. The van der Waals surface area contributed by atoms with Gasteiger partial charge in [0.05, 0.1) is 10.6 Å². The van der Waals surface area contributed by atoms with Crippen LogP contribution in [0.1, 0.15) is 37.1 Å². The Bertz CT molecular complexity index is 1230. The summed E-state index contributed by atoms with van der Waals surface area (Å²) in [6.07, 6.45) is 8.96. The van der Waals surface area contributed by atoms with Gasteiger partial charge in [0.1, 0.15) is 0 Å². The normalized spacial score (nSPS) is 15.4. The summed E-state index contributed by atoms with van der Waals surface area (Å²) in [7, 11) is -3.62. The third-order valence-corrected chi connectivity index (χ3v) is 7.04. The fourth-order valence-electron chi connectivity index (χ4n) is 3.72. The maximum absolute atomic E-state index is 13.1. The molecule has 11 heteroatoms. The van der Waals surface area contributed by atoms with E-state index in [-0.39, 0.29) is 16.7 Å². The Kier molecular flexibility index (Phi) is 5.96. The predicted octanol–water partition coefficient (Wildman–Crippen LogP) is 3.04. The van der Waals surface area contributed by atoms with Crippen molar-refractivity contribution in [3.05, 3.63) is 47.2 Å². The van der Waals surface area contributed by atoms with Gasteiger partial charge in [0.25, 0.3) is 5.91 Å². The van der Waals surface area contributed by atoms with Gasteiger partial charge in [-0.05, 0) is 53.8 Å². The molecule has 0 atom stereocenters. The van der Waals surface area contributed by atoms with E-state index in [4.69, 9.17) is 0 Å². The Morgan fingerprint density at radius 1 is 1.29 bits per heavy atom. The van der Waals surface area contributed by atoms with Crippen molar-refractivity contribution in [3.63, 3.8) is 0 Å². The number of allylic oxidation sites excluding steroid dienone is 1. The summed E-state index contributed by atoms with van der Waals surface area (Å²) in [5.74, 6) is 0.425. The van der Waals surface area contributed by atoms with Crippen LogP contribution in [0.3, 0.4) is 0 Å². The molecule has 162 valence electrons. The van der Waals surface area contributed by atoms with Gasteiger partial charge in [0, 0.05) is 23.4 Å². The number of aryl methyl sites for hydroxylation is 1. The molecule has 0 saturated heterocycles. The molecule has 2 heterocycles. The lowest BCUT2D eigenvalue weighted by Gasteiger charge is -2.14. The third-order valence-electron chi connectivity index (χ3n) is 5.22. The zero-order valence-corrected chi connectivity index (χ0v) is 18.8. The molecule has 1 aromatic carbocycles. The fourth-order valence-corrected chi connectivity index (χ4v) is 5.12. The summed E-state index contributed by atoms with van der Waals surface area (Å²) in [5, 5.41) is 16.4. The Hall–Kier alpha value is -2.92. The summed E-state index contributed by atoms with van der Waals surface area (Å²) < 4.78 is 26.6. The molecule has 0 bridgehead atoms. The maximum atomic E-state index is 13.1. The molecular weight excluding hydrogens is 436 g/mol. The van der Waals surface area contributed by atoms with E-state index in [0.717, 1.165) is 31.9 Å². The average molecular weight is 459 g/mol. The highest BCUT2D eigenvalue weighted by atomic mass is 32.2. The number of amides is 1. The highest BCUT2D eigenvalue weighted by molar-refractivity contribution is 7.90. The number of tetrazole rings is 1. The first-order chi connectivity index (χ1) is 14.8. The van der Waals surface area contributed by atoms with Gasteiger partial charge in [0.2, 0.25) is 0 Å². The molecule has 1 aliphatic carbocycles. The van der Waals surface area contributed by atoms with Crippen LogP contribution in [0.5, 0.6) is 0 Å². The van der Waals surface area contributed by atoms with Gasteiger partial charge >= 0.3 is 0 Å². The number of sulfone groups is 1. The second-order valence-electron chi connectivity index (χ2n) is 7.51. The van der Waals surface area contributed by atoms with Gasteiger partial charge in [-0.25, -0.2) is 13.4 Å². The van der Waals surface area contributed by atoms with Gasteiger partial charge in [-0.3, -0.25) is 10.1 Å². The van der Waals surface area contributed by atoms with Crippen LogP contribution in [-0.4, -0.2) is 45.8 Å². The van der Waals surface area contributed by atoms with Crippen LogP contribution in [0.4, 0.5) is 5.13 Å². The molecule has 0 aliphatic heterocycles. The highest BCUT2D eigenvalue weighted by Crippen LogP contribution is 2.32. The number of rotatable bonds is 6. The molecule has 1 N–H and O–H groups in total. The topological polar surface area (TPSA) is 120 Å². The van der Waals surface area contributed by atoms with Crippen LogP contribution >= 0.6 is 11.3 Å². The number of benzene rings is 1. The molecule has 3 aromatic rings. The zero-order chi connectivity index (χ0) is 22.0. The monoisotopic (exact) mass is 458 g/mol. The Labute approximate surface area is 184 Å². The smallest absolute Gasteiger partial charge is 0.257 e. The molecule has 1 amide bonds. The van der Waals surface area contributed by atoms with Crippen LogP contribution in [0, 0.1) is 12.8 Å². The Morgan fingerprint density at radius 3 is 2.68 bits per heavy atom. The molecule has 0 radical (unpaired) electrons. The van der Waals surface area contributed by atoms with E-state index in [1.165, 1.54) is 22.1 Å². The summed E-state index contributed by atoms with van der Waals surface area (Å²) in [6.45, 7) is 1.69. The lowest BCUT2D eigenvalue weighted by molar-refractivity contribution is -0.111. The maximum Gasteiger partial charge on any atom is 0.257 e. The van der Waals surface area contributed by atoms with E-state index in [2.05, 4.69) is 25.8 Å². The van der Waals surface area contributed by atoms with E-state index >= 15 is 0 Å². The first-order valence-electron chi connectivity index (χ1n) is 9.85. The van der Waals surface area contributed by atoms with Crippen molar-refractivity contribution in [1.82, 2.24) is 25.2 Å². The third kappa shape index (κ3) is 4.72. The van der Waals surface area contributed by atoms with E-state index in [1.54, 1.807) is 30.6 Å². The number of carbonyl (C=O) groups excluding carboxylic acids is 1. The van der Waals surface area contributed by atoms with Crippen LogP contribution in [-0.2, 0) is 14.6 Å². The molecule has 1 fully saturated rings. The van der Waals surface area contributed by atoms with Crippen LogP contribution in [0.25, 0.3) is 11.3 Å². The summed E-state index contributed by atoms with van der Waals surface area (Å²) >= 11 is 1.32. The number of hydrogen-bond donors (Lipinski definition) is 1. The van der Waals surface area contributed by atoms with Gasteiger partial charge < -0.3 is 0 Å². The minimum Gasteiger partial charge on any atom is -0.298 e. The zero-order valence-electron chi connectivity index (χ0n) is 17.1. The summed E-state index contributed by atoms with van der Waals surface area (Å²) in [6, 6.07) is 4.88. The second kappa shape index (κ2) is 8.67. The van der Waals surface area contributed by atoms with Gasteiger partial charge in [0.15, 0.2) is 20.8 Å². The van der Waals surface area contributed by atoms with E-state index < -0.39 is 9.84 Å². The first kappa shape index (κ1) is 21.3. The molecule has 1 aliphatic rings. The van der Waals surface area contributed by atoms with Crippen molar-refractivity contribution in [2.75, 3.05) is 11.6 Å². The number of hydrogen-bond acceptors (Lipinski definition) is 8. The lowest BCUT2D eigenvalue weighted by atomic mass is 9.98. The quantitative estimate of drug-likeness (QED) is 0.564. The summed E-state index contributed by atoms with van der Waals surface area (Å²) in [5.41, 5.74) is 1.30. The molecule has 31 heavy (non-hydrogen) atoms. The van der Waals surface area contributed by atoms with Crippen molar-refractivity contribution in [3.8, 4) is 5.69 Å². The molecule has 4 rings (SSSR count). The number of anilines is 1. The number of nitrogens with zero attached hydrogens (tertiary/aromatic N) is 5. The minimum atomic E-state index is -3.62. The molecule has 0 spiro atoms. The van der Waals surface area contributed by atoms with Gasteiger partial charge in [-0.1, -0.05) is 25.0 Å². The average Bonchev–Trinajstić information content (AvgIpc) is 3.48. The van der Waals surface area contributed by atoms with E-state index in [9.17, 15) is 13.2 Å². The van der Waals surface area contributed by atoms with E-state index in [1.807, 2.05) is 6.08 Å². The van der Waals surface area contributed by atoms with E-state index in [0.29, 0.717) is 27.8 Å². The minimum absolute atomic E-state index is 0.0553. The number of aromatic nitrogens is 5. The molecule has 0 unspecified atom stereocenters. The highest BCUT2D eigenvalue weighted by Gasteiger charge is 2.23. The number of nitrogens with one attached hydrogen (secondary N) is 1. The standard InChI is InChI=1S/C20H22N6O3S2/c1-13-23-24-25-26(13)17-8-7-15(12-18(17)31(2,28)29)16(11-14-5-3-4-6-14)19(27)22-20-21-9-10-30-20/h7-12,14H,3-6H2,1-2H3,(H,21,22,27)/b16-11+. The summed E-state index contributed by atoms with van der Waals surface area (Å²) in [4.78, 5) is 17.3. The van der Waals surface area contributed by atoms with Crippen LogP contribution in [0.2, 0.25) is 0 Å². The van der Waals surface area contributed by atoms with Gasteiger partial charge in [-0.15, -0.1) is 16.4 Å².